The van der Waals surface area contributed by atoms with Gasteiger partial charge in [-0.05, 0) is 38.5 Å². The number of benzene rings is 1. The first-order valence-corrected chi connectivity index (χ1v) is 9.42. The molecule has 0 bridgehead atoms. The van der Waals surface area contributed by atoms with Gasteiger partial charge in [-0.25, -0.2) is 0 Å². The molecule has 0 saturated heterocycles. The van der Waals surface area contributed by atoms with E-state index in [1.54, 1.807) is 37.4 Å². The molecule has 2 aromatic rings. The number of halogens is 2. The average Bonchev–Trinajstić information content (AvgIpc) is 2.86. The monoisotopic (exact) mass is 416 g/mol. The lowest BCUT2D eigenvalue weighted by Gasteiger charge is -2.19. The van der Waals surface area contributed by atoms with Gasteiger partial charge in [-0.3, -0.25) is 19.0 Å². The van der Waals surface area contributed by atoms with Gasteiger partial charge in [0.1, 0.15) is 6.54 Å². The Morgan fingerprint density at radius 1 is 1.31 bits per heavy atom. The number of ether oxygens (including phenoxy) is 1. The maximum atomic E-state index is 12.3. The zero-order valence-electron chi connectivity index (χ0n) is 14.4. The Kier molecular flexibility index (Phi) is 6.86. The minimum Gasteiger partial charge on any atom is -0.451 e. The molecule has 2 rings (SSSR count). The van der Waals surface area contributed by atoms with Crippen LogP contribution in [0.4, 0.5) is 0 Å². The molecular weight excluding hydrogens is 399 g/mol. The maximum Gasteiger partial charge on any atom is 0.326 e. The van der Waals surface area contributed by atoms with Gasteiger partial charge in [0.25, 0.3) is 5.91 Å². The van der Waals surface area contributed by atoms with Crippen LogP contribution in [0.2, 0.25) is 10.0 Å². The fourth-order valence-electron chi connectivity index (χ4n) is 2.27. The van der Waals surface area contributed by atoms with E-state index in [1.807, 2.05) is 0 Å². The molecule has 0 radical (unpaired) electrons. The molecule has 1 heterocycles. The summed E-state index contributed by atoms with van der Waals surface area (Å²) in [6.45, 7) is 4.71. The number of carbonyl (C=O) groups is 2. The van der Waals surface area contributed by atoms with E-state index in [2.05, 4.69) is 5.32 Å². The minimum absolute atomic E-state index is 0.232. The summed E-state index contributed by atoms with van der Waals surface area (Å²) in [6.07, 6.45) is -1.01. The lowest BCUT2D eigenvalue weighted by Crippen LogP contribution is -2.38. The molecule has 9 heteroatoms. The summed E-state index contributed by atoms with van der Waals surface area (Å²) in [6, 6.07) is 4.59. The SMILES string of the molecule is Cc1csc(=O)n1CC(=O)O[C@H](C)C(=O)N[C@@H](C)c1ccc(Cl)cc1Cl. The van der Waals surface area contributed by atoms with Crippen LogP contribution in [0.1, 0.15) is 31.1 Å². The molecule has 26 heavy (non-hydrogen) atoms. The Hall–Kier alpha value is -1.83. The van der Waals surface area contributed by atoms with Crippen molar-refractivity contribution in [2.75, 3.05) is 0 Å². The van der Waals surface area contributed by atoms with E-state index >= 15 is 0 Å². The van der Waals surface area contributed by atoms with Crippen LogP contribution in [0.15, 0.2) is 28.4 Å². The van der Waals surface area contributed by atoms with E-state index < -0.39 is 24.0 Å². The first kappa shape index (κ1) is 20.5. The molecule has 0 aliphatic heterocycles. The molecule has 0 aliphatic carbocycles. The molecule has 0 spiro atoms. The third-order valence-corrected chi connectivity index (χ3v) is 5.17. The summed E-state index contributed by atoms with van der Waals surface area (Å²) >= 11 is 13.0. The molecule has 1 aromatic heterocycles. The van der Waals surface area contributed by atoms with E-state index in [-0.39, 0.29) is 11.4 Å². The average molecular weight is 417 g/mol. The first-order chi connectivity index (χ1) is 12.2. The van der Waals surface area contributed by atoms with Gasteiger partial charge in [0.15, 0.2) is 6.10 Å². The van der Waals surface area contributed by atoms with Crippen molar-refractivity contribution in [1.82, 2.24) is 9.88 Å². The van der Waals surface area contributed by atoms with Crippen LogP contribution in [0.25, 0.3) is 0 Å². The summed E-state index contributed by atoms with van der Waals surface area (Å²) in [5.41, 5.74) is 1.36. The van der Waals surface area contributed by atoms with Crippen LogP contribution >= 0.6 is 34.5 Å². The number of rotatable bonds is 6. The molecule has 0 unspecified atom stereocenters. The van der Waals surface area contributed by atoms with Crippen LogP contribution in [-0.2, 0) is 20.9 Å². The van der Waals surface area contributed by atoms with Crippen molar-refractivity contribution in [2.45, 2.75) is 39.5 Å². The van der Waals surface area contributed by atoms with Gasteiger partial charge < -0.3 is 10.1 Å². The second-order valence-electron chi connectivity index (χ2n) is 5.76. The second-order valence-corrected chi connectivity index (χ2v) is 7.42. The Bertz CT molecular complexity index is 878. The third kappa shape index (κ3) is 5.09. The van der Waals surface area contributed by atoms with E-state index in [9.17, 15) is 14.4 Å². The van der Waals surface area contributed by atoms with Crippen molar-refractivity contribution in [3.8, 4) is 0 Å². The molecule has 0 saturated carbocycles. The van der Waals surface area contributed by atoms with E-state index in [1.165, 1.54) is 11.5 Å². The number of aryl methyl sites for hydroxylation is 1. The summed E-state index contributed by atoms with van der Waals surface area (Å²) in [5, 5.41) is 5.32. The zero-order valence-corrected chi connectivity index (χ0v) is 16.7. The number of amides is 1. The highest BCUT2D eigenvalue weighted by Crippen LogP contribution is 2.26. The van der Waals surface area contributed by atoms with Gasteiger partial charge in [0, 0.05) is 21.1 Å². The molecule has 1 N–H and O–H groups in total. The number of nitrogens with zero attached hydrogens (tertiary/aromatic N) is 1. The smallest absolute Gasteiger partial charge is 0.326 e. The maximum absolute atomic E-state index is 12.3. The normalized spacial score (nSPS) is 13.1. The van der Waals surface area contributed by atoms with Gasteiger partial charge in [0.05, 0.1) is 6.04 Å². The molecule has 2 atom stereocenters. The number of carbonyl (C=O) groups excluding carboxylic acids is 2. The highest BCUT2D eigenvalue weighted by Gasteiger charge is 2.21. The fourth-order valence-corrected chi connectivity index (χ4v) is 3.58. The first-order valence-electron chi connectivity index (χ1n) is 7.78. The lowest BCUT2D eigenvalue weighted by molar-refractivity contribution is -0.155. The number of nitrogens with one attached hydrogen (secondary N) is 1. The Morgan fingerprint density at radius 2 is 2.00 bits per heavy atom. The zero-order chi connectivity index (χ0) is 19.4. The fraction of sp³-hybridized carbons (Fsp3) is 0.353. The lowest BCUT2D eigenvalue weighted by atomic mass is 10.1. The van der Waals surface area contributed by atoms with Crippen LogP contribution in [0.5, 0.6) is 0 Å². The standard InChI is InChI=1S/C17H18Cl2N2O4S/c1-9-8-26-17(24)21(9)7-15(22)25-11(3)16(23)20-10(2)13-5-4-12(18)6-14(13)19/h4-6,8,10-11H,7H2,1-3H3,(H,20,23)/t10-,11+/m0/s1. The molecule has 140 valence electrons. The van der Waals surface area contributed by atoms with Gasteiger partial charge >= 0.3 is 10.8 Å². The van der Waals surface area contributed by atoms with Crippen molar-refractivity contribution in [3.63, 3.8) is 0 Å². The highest BCUT2D eigenvalue weighted by molar-refractivity contribution is 7.07. The van der Waals surface area contributed by atoms with Gasteiger partial charge in [0.2, 0.25) is 0 Å². The molecule has 1 aromatic carbocycles. The van der Waals surface area contributed by atoms with Crippen molar-refractivity contribution >= 4 is 46.4 Å². The Balaban J connectivity index is 1.94. The highest BCUT2D eigenvalue weighted by atomic mass is 35.5. The van der Waals surface area contributed by atoms with E-state index in [0.717, 1.165) is 11.3 Å². The van der Waals surface area contributed by atoms with Crippen LogP contribution in [0.3, 0.4) is 0 Å². The largest absolute Gasteiger partial charge is 0.451 e. The summed E-state index contributed by atoms with van der Waals surface area (Å²) in [7, 11) is 0. The molecule has 6 nitrogen and oxygen atoms in total. The minimum atomic E-state index is -1.01. The quantitative estimate of drug-likeness (QED) is 0.732. The summed E-state index contributed by atoms with van der Waals surface area (Å²) < 4.78 is 6.42. The number of esters is 1. The van der Waals surface area contributed by atoms with Crippen molar-refractivity contribution in [2.24, 2.45) is 0 Å². The molecule has 0 aliphatic rings. The van der Waals surface area contributed by atoms with E-state index in [0.29, 0.717) is 21.3 Å². The van der Waals surface area contributed by atoms with Gasteiger partial charge in [-0.1, -0.05) is 40.6 Å². The molecule has 0 fully saturated rings. The van der Waals surface area contributed by atoms with E-state index in [4.69, 9.17) is 27.9 Å². The third-order valence-electron chi connectivity index (χ3n) is 3.73. The second kappa shape index (κ2) is 8.70. The van der Waals surface area contributed by atoms with Crippen molar-refractivity contribution in [1.29, 1.82) is 0 Å². The van der Waals surface area contributed by atoms with Crippen molar-refractivity contribution < 1.29 is 14.3 Å². The van der Waals surface area contributed by atoms with Crippen LogP contribution < -0.4 is 10.2 Å². The van der Waals surface area contributed by atoms with Gasteiger partial charge in [-0.15, -0.1) is 0 Å². The molecule has 1 amide bonds. The van der Waals surface area contributed by atoms with Crippen molar-refractivity contribution in [3.05, 3.63) is 54.5 Å². The van der Waals surface area contributed by atoms with Crippen LogP contribution in [0, 0.1) is 6.92 Å². The number of thiazole rings is 1. The number of hydrogen-bond acceptors (Lipinski definition) is 5. The summed E-state index contributed by atoms with van der Waals surface area (Å²) in [5.74, 6) is -1.13. The van der Waals surface area contributed by atoms with Gasteiger partial charge in [-0.2, -0.15) is 0 Å². The summed E-state index contributed by atoms with van der Waals surface area (Å²) in [4.78, 5) is 35.6. The van der Waals surface area contributed by atoms with Crippen LogP contribution in [-0.4, -0.2) is 22.5 Å². The predicted octanol–water partition coefficient (Wildman–Crippen LogP) is 3.33. The predicted molar refractivity (Wildman–Crippen MR) is 102 cm³/mol. The number of hydrogen-bond donors (Lipinski definition) is 1. The number of aromatic nitrogens is 1. The Morgan fingerprint density at radius 3 is 2.58 bits per heavy atom. The topological polar surface area (TPSA) is 77.4 Å². The molecular formula is C17H18Cl2N2O4S. The Labute approximate surface area is 164 Å².